The Morgan fingerprint density at radius 2 is 2.16 bits per heavy atom. The number of rotatable bonds is 6. The van der Waals surface area contributed by atoms with Crippen LogP contribution in [0.15, 0.2) is 18.2 Å². The molecule has 0 aliphatic carbocycles. The maximum atomic E-state index is 11.6. The van der Waals surface area contributed by atoms with Gasteiger partial charge in [-0.2, -0.15) is 0 Å². The lowest BCUT2D eigenvalue weighted by atomic mass is 10.2. The first kappa shape index (κ1) is 14.9. The van der Waals surface area contributed by atoms with E-state index in [4.69, 9.17) is 4.74 Å². The van der Waals surface area contributed by atoms with E-state index < -0.39 is 4.92 Å². The lowest BCUT2D eigenvalue weighted by Crippen LogP contribution is -2.32. The molecule has 1 amide bonds. The third-order valence-electron chi connectivity index (χ3n) is 2.35. The van der Waals surface area contributed by atoms with Crippen LogP contribution in [0.5, 0.6) is 5.75 Å². The maximum Gasteiger partial charge on any atom is 0.296 e. The molecule has 1 rings (SSSR count). The maximum absolute atomic E-state index is 11.6. The minimum absolute atomic E-state index is 0.0981. The second-order valence-corrected chi connectivity index (χ2v) is 4.22. The standard InChI is InChI=1S/C12H17N3O4/c1-8(2)13-7-12(16)14-10-5-4-9(19-3)6-11(10)15(17)18/h4-6,8,13H,7H2,1-3H3,(H,14,16). The summed E-state index contributed by atoms with van der Waals surface area (Å²) in [5, 5.41) is 16.4. The van der Waals surface area contributed by atoms with Crippen LogP contribution >= 0.6 is 0 Å². The van der Waals surface area contributed by atoms with Crippen molar-refractivity contribution < 1.29 is 14.5 Å². The van der Waals surface area contributed by atoms with Crippen molar-refractivity contribution in [3.8, 4) is 5.75 Å². The molecule has 0 radical (unpaired) electrons. The molecule has 0 atom stereocenters. The number of carbonyl (C=O) groups excluding carboxylic acids is 1. The summed E-state index contributed by atoms with van der Waals surface area (Å²) in [6.07, 6.45) is 0. The zero-order valence-corrected chi connectivity index (χ0v) is 11.1. The molecular formula is C12H17N3O4. The van der Waals surface area contributed by atoms with Crippen LogP contribution < -0.4 is 15.4 Å². The fraction of sp³-hybridized carbons (Fsp3) is 0.417. The zero-order chi connectivity index (χ0) is 14.4. The van der Waals surface area contributed by atoms with Gasteiger partial charge in [-0.05, 0) is 12.1 Å². The van der Waals surface area contributed by atoms with Gasteiger partial charge in [-0.15, -0.1) is 0 Å². The highest BCUT2D eigenvalue weighted by Gasteiger charge is 2.17. The zero-order valence-electron chi connectivity index (χ0n) is 11.1. The molecule has 0 spiro atoms. The van der Waals surface area contributed by atoms with Gasteiger partial charge in [0.1, 0.15) is 11.4 Å². The first-order chi connectivity index (χ1) is 8.93. The van der Waals surface area contributed by atoms with Gasteiger partial charge in [-0.1, -0.05) is 13.8 Å². The summed E-state index contributed by atoms with van der Waals surface area (Å²) in [4.78, 5) is 22.0. The second-order valence-electron chi connectivity index (χ2n) is 4.22. The average molecular weight is 267 g/mol. The van der Waals surface area contributed by atoms with Crippen molar-refractivity contribution in [2.75, 3.05) is 19.0 Å². The van der Waals surface area contributed by atoms with Gasteiger partial charge in [-0.3, -0.25) is 14.9 Å². The average Bonchev–Trinajstić information content (AvgIpc) is 2.36. The highest BCUT2D eigenvalue weighted by Crippen LogP contribution is 2.28. The molecular weight excluding hydrogens is 250 g/mol. The third kappa shape index (κ3) is 4.55. The van der Waals surface area contributed by atoms with Crippen LogP contribution in [0.4, 0.5) is 11.4 Å². The highest BCUT2D eigenvalue weighted by atomic mass is 16.6. The molecule has 0 saturated carbocycles. The third-order valence-corrected chi connectivity index (χ3v) is 2.35. The van der Waals surface area contributed by atoms with E-state index in [2.05, 4.69) is 10.6 Å². The number of nitro benzene ring substituents is 1. The minimum atomic E-state index is -0.562. The van der Waals surface area contributed by atoms with Gasteiger partial charge in [0.25, 0.3) is 5.69 Å². The Hall–Kier alpha value is -2.15. The van der Waals surface area contributed by atoms with Gasteiger partial charge in [0.2, 0.25) is 5.91 Å². The Kier molecular flexibility index (Phi) is 5.25. The topological polar surface area (TPSA) is 93.5 Å². The van der Waals surface area contributed by atoms with E-state index in [-0.39, 0.29) is 29.9 Å². The molecule has 104 valence electrons. The monoisotopic (exact) mass is 267 g/mol. The summed E-state index contributed by atoms with van der Waals surface area (Å²) in [7, 11) is 1.42. The minimum Gasteiger partial charge on any atom is -0.496 e. The molecule has 0 fully saturated rings. The number of nitrogens with one attached hydrogen (secondary N) is 2. The van der Waals surface area contributed by atoms with Crippen LogP contribution in [0.1, 0.15) is 13.8 Å². The van der Waals surface area contributed by atoms with Gasteiger partial charge in [0.15, 0.2) is 0 Å². The number of anilines is 1. The summed E-state index contributed by atoms with van der Waals surface area (Å²) >= 11 is 0. The number of nitro groups is 1. The normalized spacial score (nSPS) is 10.3. The van der Waals surface area contributed by atoms with Crippen LogP contribution in [-0.2, 0) is 4.79 Å². The van der Waals surface area contributed by atoms with Crippen molar-refractivity contribution in [3.05, 3.63) is 28.3 Å². The Morgan fingerprint density at radius 3 is 2.68 bits per heavy atom. The van der Waals surface area contributed by atoms with Crippen molar-refractivity contribution in [1.82, 2.24) is 5.32 Å². The van der Waals surface area contributed by atoms with Crippen LogP contribution in [0.2, 0.25) is 0 Å². The van der Waals surface area contributed by atoms with Crippen molar-refractivity contribution in [2.24, 2.45) is 0 Å². The lowest BCUT2D eigenvalue weighted by molar-refractivity contribution is -0.384. The summed E-state index contributed by atoms with van der Waals surface area (Å²) < 4.78 is 4.91. The SMILES string of the molecule is COc1ccc(NC(=O)CNC(C)C)c([N+](=O)[O-])c1. The van der Waals surface area contributed by atoms with Crippen molar-refractivity contribution >= 4 is 17.3 Å². The van der Waals surface area contributed by atoms with E-state index in [0.717, 1.165) is 0 Å². The lowest BCUT2D eigenvalue weighted by Gasteiger charge is -2.09. The van der Waals surface area contributed by atoms with Crippen molar-refractivity contribution in [2.45, 2.75) is 19.9 Å². The van der Waals surface area contributed by atoms with Crippen LogP contribution in [0, 0.1) is 10.1 Å². The molecule has 7 heteroatoms. The predicted octanol–water partition coefficient (Wildman–Crippen LogP) is 1.54. The fourth-order valence-electron chi connectivity index (χ4n) is 1.39. The van der Waals surface area contributed by atoms with E-state index in [0.29, 0.717) is 5.75 Å². The Balaban J connectivity index is 2.82. The Bertz CT molecular complexity index is 474. The molecule has 2 N–H and O–H groups in total. The van der Waals surface area contributed by atoms with Crippen molar-refractivity contribution in [1.29, 1.82) is 0 Å². The Morgan fingerprint density at radius 1 is 1.47 bits per heavy atom. The second kappa shape index (κ2) is 6.69. The van der Waals surface area contributed by atoms with Gasteiger partial charge in [0.05, 0.1) is 24.6 Å². The highest BCUT2D eigenvalue weighted by molar-refractivity contribution is 5.94. The van der Waals surface area contributed by atoms with Crippen LogP contribution in [-0.4, -0.2) is 30.5 Å². The number of hydrogen-bond acceptors (Lipinski definition) is 5. The number of carbonyl (C=O) groups is 1. The first-order valence-electron chi connectivity index (χ1n) is 5.79. The van der Waals surface area contributed by atoms with E-state index in [9.17, 15) is 14.9 Å². The van der Waals surface area contributed by atoms with Gasteiger partial charge < -0.3 is 15.4 Å². The number of methoxy groups -OCH3 is 1. The van der Waals surface area contributed by atoms with E-state index in [1.165, 1.54) is 19.2 Å². The Labute approximate surface area is 111 Å². The summed E-state index contributed by atoms with van der Waals surface area (Å²) in [6, 6.07) is 4.44. The summed E-state index contributed by atoms with van der Waals surface area (Å²) in [6.45, 7) is 3.91. The molecule has 0 heterocycles. The van der Waals surface area contributed by atoms with Gasteiger partial charge in [-0.25, -0.2) is 0 Å². The number of nitrogens with zero attached hydrogens (tertiary/aromatic N) is 1. The van der Waals surface area contributed by atoms with Crippen LogP contribution in [0.3, 0.4) is 0 Å². The van der Waals surface area contributed by atoms with Crippen molar-refractivity contribution in [3.63, 3.8) is 0 Å². The molecule has 0 unspecified atom stereocenters. The molecule has 0 aromatic heterocycles. The molecule has 0 bridgehead atoms. The van der Waals surface area contributed by atoms with Gasteiger partial charge >= 0.3 is 0 Å². The number of amides is 1. The van der Waals surface area contributed by atoms with E-state index in [1.54, 1.807) is 6.07 Å². The largest absolute Gasteiger partial charge is 0.496 e. The van der Waals surface area contributed by atoms with E-state index >= 15 is 0 Å². The van der Waals surface area contributed by atoms with E-state index in [1.807, 2.05) is 13.8 Å². The van der Waals surface area contributed by atoms with Gasteiger partial charge in [0, 0.05) is 6.04 Å². The van der Waals surface area contributed by atoms with Crippen LogP contribution in [0.25, 0.3) is 0 Å². The quantitative estimate of drug-likeness (QED) is 0.602. The number of ether oxygens (including phenoxy) is 1. The summed E-state index contributed by atoms with van der Waals surface area (Å²) in [5.41, 5.74) is -0.0430. The molecule has 19 heavy (non-hydrogen) atoms. The molecule has 0 aliphatic rings. The molecule has 1 aromatic rings. The summed E-state index contributed by atoms with van der Waals surface area (Å²) in [5.74, 6) is 0.0342. The first-order valence-corrected chi connectivity index (χ1v) is 5.79. The molecule has 0 aliphatic heterocycles. The number of hydrogen-bond donors (Lipinski definition) is 2. The smallest absolute Gasteiger partial charge is 0.296 e. The predicted molar refractivity (Wildman–Crippen MR) is 71.4 cm³/mol. The molecule has 7 nitrogen and oxygen atoms in total. The fourth-order valence-corrected chi connectivity index (χ4v) is 1.39. The molecule has 0 saturated heterocycles. The molecule has 1 aromatic carbocycles. The number of benzene rings is 1.